The van der Waals surface area contributed by atoms with Gasteiger partial charge in [-0.25, -0.2) is 8.42 Å². The molecule has 1 saturated heterocycles. The fourth-order valence-corrected chi connectivity index (χ4v) is 4.51. The van der Waals surface area contributed by atoms with Crippen molar-refractivity contribution < 1.29 is 17.9 Å². The Morgan fingerprint density at radius 3 is 2.45 bits per heavy atom. The first kappa shape index (κ1) is 25.7. The molecule has 0 aromatic heterocycles. The highest BCUT2D eigenvalue weighted by molar-refractivity contribution is 14.0. The molecule has 1 aliphatic heterocycles. The number of benzene rings is 1. The van der Waals surface area contributed by atoms with Crippen LogP contribution in [0, 0.1) is 5.92 Å². The van der Waals surface area contributed by atoms with Crippen molar-refractivity contribution in [2.24, 2.45) is 10.9 Å². The number of carbonyl (C=O) groups is 1. The molecule has 1 aliphatic rings. The molecule has 7 nitrogen and oxygen atoms in total. The molecule has 0 unspecified atom stereocenters. The number of ether oxygens (including phenoxy) is 1. The van der Waals surface area contributed by atoms with Gasteiger partial charge in [-0.05, 0) is 45.2 Å². The summed E-state index contributed by atoms with van der Waals surface area (Å²) in [5, 5.41) is 3.26. The van der Waals surface area contributed by atoms with Gasteiger partial charge in [0.25, 0.3) is 0 Å². The quantitative estimate of drug-likeness (QED) is 0.181. The monoisotopic (exact) mass is 537 g/mol. The van der Waals surface area contributed by atoms with Crippen LogP contribution >= 0.6 is 24.0 Å². The Morgan fingerprint density at radius 1 is 1.21 bits per heavy atom. The van der Waals surface area contributed by atoms with Gasteiger partial charge in [0.15, 0.2) is 15.8 Å². The highest BCUT2D eigenvalue weighted by Gasteiger charge is 2.27. The maximum Gasteiger partial charge on any atom is 0.309 e. The van der Waals surface area contributed by atoms with Gasteiger partial charge in [0.1, 0.15) is 0 Å². The van der Waals surface area contributed by atoms with Gasteiger partial charge in [-0.3, -0.25) is 9.79 Å². The minimum atomic E-state index is -3.27. The summed E-state index contributed by atoms with van der Waals surface area (Å²) in [5.74, 6) is 0.692. The second-order valence-corrected chi connectivity index (χ2v) is 8.84. The molecule has 29 heavy (non-hydrogen) atoms. The molecule has 0 saturated carbocycles. The lowest BCUT2D eigenvalue weighted by Crippen LogP contribution is -2.46. The van der Waals surface area contributed by atoms with Crippen molar-refractivity contribution in [3.63, 3.8) is 0 Å². The Kier molecular flexibility index (Phi) is 11.6. The largest absolute Gasteiger partial charge is 0.466 e. The van der Waals surface area contributed by atoms with Gasteiger partial charge in [-0.1, -0.05) is 18.2 Å². The van der Waals surface area contributed by atoms with E-state index in [0.717, 1.165) is 38.4 Å². The summed E-state index contributed by atoms with van der Waals surface area (Å²) < 4.78 is 29.8. The maximum absolute atomic E-state index is 12.3. The molecule has 1 aromatic carbocycles. The van der Waals surface area contributed by atoms with Crippen LogP contribution in [0.1, 0.15) is 33.1 Å². The van der Waals surface area contributed by atoms with Crippen molar-refractivity contribution in [2.75, 3.05) is 38.5 Å². The van der Waals surface area contributed by atoms with Crippen LogP contribution in [0.25, 0.3) is 0 Å². The average molecular weight is 537 g/mol. The smallest absolute Gasteiger partial charge is 0.309 e. The number of piperidine rings is 1. The number of aliphatic imine (C=N–C) groups is 1. The molecule has 0 radical (unpaired) electrons. The number of guanidine groups is 1. The van der Waals surface area contributed by atoms with E-state index in [-0.39, 0.29) is 41.6 Å². The summed E-state index contributed by atoms with van der Waals surface area (Å²) in [5.41, 5.74) is 0. The molecule has 0 bridgehead atoms. The first-order valence-electron chi connectivity index (χ1n) is 9.95. The Bertz CT molecular complexity index is 748. The van der Waals surface area contributed by atoms with Gasteiger partial charge in [0, 0.05) is 26.2 Å². The predicted molar refractivity (Wildman–Crippen MR) is 125 cm³/mol. The molecule has 1 heterocycles. The first-order valence-corrected chi connectivity index (χ1v) is 11.6. The van der Waals surface area contributed by atoms with Gasteiger partial charge < -0.3 is 15.0 Å². The molecule has 0 amide bonds. The third-order valence-corrected chi connectivity index (χ3v) is 6.50. The number of nitrogens with zero attached hydrogens (tertiary/aromatic N) is 2. The molecule has 164 valence electrons. The van der Waals surface area contributed by atoms with Crippen LogP contribution in [0.3, 0.4) is 0 Å². The van der Waals surface area contributed by atoms with Crippen molar-refractivity contribution >= 4 is 45.7 Å². The molecule has 1 fully saturated rings. The number of sulfone groups is 1. The third kappa shape index (κ3) is 8.12. The predicted octanol–water partition coefficient (Wildman–Crippen LogP) is 2.71. The number of nitrogens with one attached hydrogen (secondary N) is 1. The first-order chi connectivity index (χ1) is 13.5. The van der Waals surface area contributed by atoms with Gasteiger partial charge >= 0.3 is 5.97 Å². The minimum Gasteiger partial charge on any atom is -0.466 e. The zero-order valence-corrected chi connectivity index (χ0v) is 20.3. The van der Waals surface area contributed by atoms with Crippen LogP contribution in [0.5, 0.6) is 0 Å². The molecule has 0 atom stereocenters. The molecule has 0 aliphatic carbocycles. The summed E-state index contributed by atoms with van der Waals surface area (Å²) >= 11 is 0. The number of halogens is 1. The van der Waals surface area contributed by atoms with Gasteiger partial charge in [-0.15, -0.1) is 24.0 Å². The molecule has 1 N–H and O–H groups in total. The number of likely N-dealkylation sites (tertiary alicyclic amines) is 1. The van der Waals surface area contributed by atoms with E-state index in [1.54, 1.807) is 30.3 Å². The van der Waals surface area contributed by atoms with Crippen LogP contribution in [0.2, 0.25) is 0 Å². The van der Waals surface area contributed by atoms with E-state index in [4.69, 9.17) is 4.74 Å². The van der Waals surface area contributed by atoms with E-state index in [1.807, 2.05) is 13.8 Å². The van der Waals surface area contributed by atoms with Gasteiger partial charge in [0.2, 0.25) is 0 Å². The topological polar surface area (TPSA) is 88.1 Å². The second-order valence-electron chi connectivity index (χ2n) is 6.73. The van der Waals surface area contributed by atoms with Crippen molar-refractivity contribution in [1.82, 2.24) is 10.2 Å². The zero-order chi connectivity index (χ0) is 20.4. The van der Waals surface area contributed by atoms with Gasteiger partial charge in [-0.2, -0.15) is 0 Å². The number of rotatable bonds is 8. The highest BCUT2D eigenvalue weighted by atomic mass is 127. The van der Waals surface area contributed by atoms with Crippen molar-refractivity contribution in [1.29, 1.82) is 0 Å². The normalized spacial score (nSPS) is 15.5. The molecular formula is C20H32IN3O4S. The maximum atomic E-state index is 12.3. The molecule has 9 heteroatoms. The average Bonchev–Trinajstić information content (AvgIpc) is 2.71. The van der Waals surface area contributed by atoms with Gasteiger partial charge in [0.05, 0.1) is 23.2 Å². The summed E-state index contributed by atoms with van der Waals surface area (Å²) in [6, 6.07) is 8.51. The molecular weight excluding hydrogens is 505 g/mol. The summed E-state index contributed by atoms with van der Waals surface area (Å²) in [4.78, 5) is 19.0. The zero-order valence-electron chi connectivity index (χ0n) is 17.2. The highest BCUT2D eigenvalue weighted by Crippen LogP contribution is 2.19. The number of hydrogen-bond donors (Lipinski definition) is 1. The summed E-state index contributed by atoms with van der Waals surface area (Å²) in [7, 11) is -3.27. The Balaban J connectivity index is 0.00000420. The fraction of sp³-hybridized carbons (Fsp3) is 0.600. The van der Waals surface area contributed by atoms with E-state index in [1.165, 1.54) is 0 Å². The second kappa shape index (κ2) is 13.0. The van der Waals surface area contributed by atoms with E-state index in [9.17, 15) is 13.2 Å². The number of esters is 1. The lowest BCUT2D eigenvalue weighted by atomic mass is 9.97. The minimum absolute atomic E-state index is 0. The lowest BCUT2D eigenvalue weighted by molar-refractivity contribution is -0.149. The fourth-order valence-electron chi connectivity index (χ4n) is 3.20. The van der Waals surface area contributed by atoms with Crippen LogP contribution in [0.15, 0.2) is 40.2 Å². The Labute approximate surface area is 191 Å². The van der Waals surface area contributed by atoms with Crippen molar-refractivity contribution in [2.45, 2.75) is 38.0 Å². The van der Waals surface area contributed by atoms with Crippen molar-refractivity contribution in [3.05, 3.63) is 30.3 Å². The number of carbonyl (C=O) groups excluding carboxylic acids is 1. The third-order valence-electron chi connectivity index (χ3n) is 4.68. The van der Waals surface area contributed by atoms with Crippen LogP contribution < -0.4 is 5.32 Å². The Morgan fingerprint density at radius 2 is 1.86 bits per heavy atom. The SMILES string of the molecule is CCNC(=NCCCS(=O)(=O)c1ccccc1)N1CCC(C(=O)OCC)CC1.I. The van der Waals surface area contributed by atoms with Crippen LogP contribution in [-0.4, -0.2) is 63.8 Å². The number of hydrogen-bond acceptors (Lipinski definition) is 5. The van der Waals surface area contributed by atoms with E-state index >= 15 is 0 Å². The summed E-state index contributed by atoms with van der Waals surface area (Å²) in [6.45, 7) is 6.87. The van der Waals surface area contributed by atoms with E-state index in [2.05, 4.69) is 15.2 Å². The molecule has 1 aromatic rings. The lowest BCUT2D eigenvalue weighted by Gasteiger charge is -2.33. The molecule has 2 rings (SSSR count). The van der Waals surface area contributed by atoms with E-state index in [0.29, 0.717) is 24.5 Å². The van der Waals surface area contributed by atoms with Crippen molar-refractivity contribution in [3.8, 4) is 0 Å². The molecule has 0 spiro atoms. The van der Waals surface area contributed by atoms with Crippen LogP contribution in [-0.2, 0) is 19.4 Å². The van der Waals surface area contributed by atoms with Crippen LogP contribution in [0.4, 0.5) is 0 Å². The van der Waals surface area contributed by atoms with E-state index < -0.39 is 9.84 Å². The summed E-state index contributed by atoms with van der Waals surface area (Å²) in [6.07, 6.45) is 1.95. The standard InChI is InChI=1S/C20H31N3O4S.HI/c1-3-21-20(23-14-11-17(12-15-23)19(24)27-4-2)22-13-8-16-28(25,26)18-9-6-5-7-10-18;/h5-7,9-10,17H,3-4,8,11-16H2,1-2H3,(H,21,22);1H. The Hall–Kier alpha value is -1.36.